The van der Waals surface area contributed by atoms with Gasteiger partial charge in [0.1, 0.15) is 0 Å². The molecule has 0 unspecified atom stereocenters. The molecule has 0 radical (unpaired) electrons. The maximum atomic E-state index is 13.5. The molecule has 1 amide bonds. The standard InChI is InChI=1S/C28H30ClN3O5S/c29-24-7-9-25(10-8-24)38(34,35)32(13-12-22-4-2-1-3-5-22)20-28(33)31-16-14-30(15-17-31)19-23-6-11-26-27(18-23)37-21-36-26/h1-11,18H,12-17,19-21H2. The largest absolute Gasteiger partial charge is 0.454 e. The average Bonchev–Trinajstić information content (AvgIpc) is 3.40. The average molecular weight is 556 g/mol. The second-order valence-electron chi connectivity index (χ2n) is 9.37. The number of hydrogen-bond acceptors (Lipinski definition) is 6. The third-order valence-corrected chi connectivity index (χ3v) is 8.94. The predicted molar refractivity (Wildman–Crippen MR) is 145 cm³/mol. The molecule has 2 heterocycles. The van der Waals surface area contributed by atoms with Crippen molar-refractivity contribution in [3.8, 4) is 11.5 Å². The Morgan fingerprint density at radius 3 is 2.32 bits per heavy atom. The minimum Gasteiger partial charge on any atom is -0.454 e. The zero-order valence-corrected chi connectivity index (χ0v) is 22.5. The molecule has 0 spiro atoms. The highest BCUT2D eigenvalue weighted by molar-refractivity contribution is 7.89. The summed E-state index contributed by atoms with van der Waals surface area (Å²) in [5.74, 6) is 1.32. The van der Waals surface area contributed by atoms with Crippen molar-refractivity contribution in [2.45, 2.75) is 17.9 Å². The van der Waals surface area contributed by atoms with Crippen LogP contribution in [0.25, 0.3) is 0 Å². The van der Waals surface area contributed by atoms with Gasteiger partial charge in [0.25, 0.3) is 0 Å². The number of carbonyl (C=O) groups is 1. The van der Waals surface area contributed by atoms with Crippen molar-refractivity contribution in [2.24, 2.45) is 0 Å². The van der Waals surface area contributed by atoms with E-state index in [2.05, 4.69) is 4.90 Å². The van der Waals surface area contributed by atoms with Crippen molar-refractivity contribution >= 4 is 27.5 Å². The molecular formula is C28H30ClN3O5S. The van der Waals surface area contributed by atoms with E-state index < -0.39 is 10.0 Å². The number of benzene rings is 3. The van der Waals surface area contributed by atoms with E-state index in [1.165, 1.54) is 16.4 Å². The number of fused-ring (bicyclic) bond motifs is 1. The van der Waals surface area contributed by atoms with Gasteiger partial charge in [-0.3, -0.25) is 9.69 Å². The first-order valence-electron chi connectivity index (χ1n) is 12.6. The van der Waals surface area contributed by atoms with Gasteiger partial charge in [0.05, 0.1) is 11.4 Å². The van der Waals surface area contributed by atoms with Crippen LogP contribution in [0, 0.1) is 0 Å². The fourth-order valence-corrected chi connectivity index (χ4v) is 6.16. The van der Waals surface area contributed by atoms with Crippen LogP contribution in [0.5, 0.6) is 11.5 Å². The third kappa shape index (κ3) is 6.30. The Kier molecular flexibility index (Phi) is 8.18. The van der Waals surface area contributed by atoms with E-state index in [4.69, 9.17) is 21.1 Å². The highest BCUT2D eigenvalue weighted by Crippen LogP contribution is 2.33. The molecule has 38 heavy (non-hydrogen) atoms. The van der Waals surface area contributed by atoms with Crippen molar-refractivity contribution in [2.75, 3.05) is 46.1 Å². The van der Waals surface area contributed by atoms with Crippen molar-refractivity contribution in [1.29, 1.82) is 0 Å². The minimum atomic E-state index is -3.88. The Labute approximate surface area is 228 Å². The van der Waals surface area contributed by atoms with E-state index >= 15 is 0 Å². The summed E-state index contributed by atoms with van der Waals surface area (Å²) in [6, 6.07) is 21.6. The summed E-state index contributed by atoms with van der Waals surface area (Å²) in [6.45, 7) is 3.46. The monoisotopic (exact) mass is 555 g/mol. The number of amides is 1. The Hall–Kier alpha value is -3.11. The summed E-state index contributed by atoms with van der Waals surface area (Å²) < 4.78 is 39.1. The second-order valence-corrected chi connectivity index (χ2v) is 11.7. The first-order chi connectivity index (χ1) is 18.4. The Morgan fingerprint density at radius 1 is 0.868 bits per heavy atom. The summed E-state index contributed by atoms with van der Waals surface area (Å²) in [5, 5.41) is 0.453. The topological polar surface area (TPSA) is 79.4 Å². The van der Waals surface area contributed by atoms with Gasteiger partial charge in [-0.2, -0.15) is 4.31 Å². The molecule has 3 aromatic carbocycles. The molecule has 1 saturated heterocycles. The van der Waals surface area contributed by atoms with Crippen molar-refractivity contribution < 1.29 is 22.7 Å². The Bertz CT molecular complexity index is 1360. The number of halogens is 1. The first kappa shape index (κ1) is 26.5. The van der Waals surface area contributed by atoms with Crippen LogP contribution in [0.15, 0.2) is 77.7 Å². The molecule has 2 aliphatic heterocycles. The Balaban J connectivity index is 1.22. The molecule has 200 valence electrons. The highest BCUT2D eigenvalue weighted by atomic mass is 35.5. The minimum absolute atomic E-state index is 0.122. The number of carbonyl (C=O) groups excluding carboxylic acids is 1. The lowest BCUT2D eigenvalue weighted by atomic mass is 10.1. The van der Waals surface area contributed by atoms with Gasteiger partial charge < -0.3 is 14.4 Å². The van der Waals surface area contributed by atoms with Gasteiger partial charge >= 0.3 is 0 Å². The number of rotatable bonds is 9. The van der Waals surface area contributed by atoms with Crippen LogP contribution >= 0.6 is 11.6 Å². The molecule has 1 fully saturated rings. The zero-order valence-electron chi connectivity index (χ0n) is 21.0. The molecule has 0 saturated carbocycles. The van der Waals surface area contributed by atoms with Crippen LogP contribution in [0.1, 0.15) is 11.1 Å². The molecule has 0 N–H and O–H groups in total. The van der Waals surface area contributed by atoms with Gasteiger partial charge in [0, 0.05) is 44.3 Å². The predicted octanol–water partition coefficient (Wildman–Crippen LogP) is 3.65. The molecule has 3 aromatic rings. The van der Waals surface area contributed by atoms with Crippen LogP contribution in [-0.4, -0.2) is 74.5 Å². The molecule has 0 aromatic heterocycles. The molecular weight excluding hydrogens is 526 g/mol. The SMILES string of the molecule is O=C(CN(CCc1ccccc1)S(=O)(=O)c1ccc(Cl)cc1)N1CCN(Cc2ccc3c(c2)OCO3)CC1. The molecule has 5 rings (SSSR count). The number of piperazine rings is 1. The van der Waals surface area contributed by atoms with Gasteiger partial charge in [-0.15, -0.1) is 0 Å². The van der Waals surface area contributed by atoms with Crippen molar-refractivity contribution in [1.82, 2.24) is 14.1 Å². The van der Waals surface area contributed by atoms with Gasteiger partial charge in [0.2, 0.25) is 22.7 Å². The normalized spacial score (nSPS) is 15.7. The first-order valence-corrected chi connectivity index (χ1v) is 14.4. The van der Waals surface area contributed by atoms with Crippen molar-refractivity contribution in [3.05, 3.63) is 88.9 Å². The van der Waals surface area contributed by atoms with Crippen LogP contribution in [0.3, 0.4) is 0 Å². The maximum Gasteiger partial charge on any atom is 0.243 e. The van der Waals surface area contributed by atoms with E-state index in [0.717, 1.165) is 29.2 Å². The lowest BCUT2D eigenvalue weighted by Gasteiger charge is -2.35. The summed E-state index contributed by atoms with van der Waals surface area (Å²) in [4.78, 5) is 17.4. The molecule has 0 atom stereocenters. The molecule has 2 aliphatic rings. The number of sulfonamides is 1. The van der Waals surface area contributed by atoms with Crippen LogP contribution in [0.2, 0.25) is 5.02 Å². The number of ether oxygens (including phenoxy) is 2. The van der Waals surface area contributed by atoms with Crippen LogP contribution in [-0.2, 0) is 27.8 Å². The van der Waals surface area contributed by atoms with Gasteiger partial charge in [-0.05, 0) is 53.9 Å². The molecule has 0 bridgehead atoms. The van der Waals surface area contributed by atoms with E-state index in [1.807, 2.05) is 48.5 Å². The van der Waals surface area contributed by atoms with Crippen LogP contribution < -0.4 is 9.47 Å². The summed E-state index contributed by atoms with van der Waals surface area (Å²) >= 11 is 5.97. The summed E-state index contributed by atoms with van der Waals surface area (Å²) in [7, 11) is -3.88. The number of nitrogens with zero attached hydrogens (tertiary/aromatic N) is 3. The van der Waals surface area contributed by atoms with Gasteiger partial charge in [0.15, 0.2) is 11.5 Å². The van der Waals surface area contributed by atoms with E-state index in [-0.39, 0.29) is 30.7 Å². The van der Waals surface area contributed by atoms with Crippen molar-refractivity contribution in [3.63, 3.8) is 0 Å². The summed E-state index contributed by atoms with van der Waals surface area (Å²) in [6.07, 6.45) is 0.504. The fraction of sp³-hybridized carbons (Fsp3) is 0.321. The maximum absolute atomic E-state index is 13.5. The Morgan fingerprint density at radius 2 is 1.58 bits per heavy atom. The molecule has 0 aliphatic carbocycles. The molecule has 10 heteroatoms. The lowest BCUT2D eigenvalue weighted by molar-refractivity contribution is -0.133. The van der Waals surface area contributed by atoms with E-state index in [1.54, 1.807) is 17.0 Å². The van der Waals surface area contributed by atoms with Gasteiger partial charge in [-0.25, -0.2) is 8.42 Å². The fourth-order valence-electron chi connectivity index (χ4n) is 4.64. The smallest absolute Gasteiger partial charge is 0.243 e. The number of hydrogen-bond donors (Lipinski definition) is 0. The molecule has 8 nitrogen and oxygen atoms in total. The lowest BCUT2D eigenvalue weighted by Crippen LogP contribution is -2.51. The highest BCUT2D eigenvalue weighted by Gasteiger charge is 2.30. The van der Waals surface area contributed by atoms with E-state index in [9.17, 15) is 13.2 Å². The quantitative estimate of drug-likeness (QED) is 0.401. The van der Waals surface area contributed by atoms with Crippen LogP contribution in [0.4, 0.5) is 0 Å². The summed E-state index contributed by atoms with van der Waals surface area (Å²) in [5.41, 5.74) is 2.13. The zero-order chi connectivity index (χ0) is 26.5. The second kappa shape index (κ2) is 11.7. The third-order valence-electron chi connectivity index (χ3n) is 6.82. The van der Waals surface area contributed by atoms with Gasteiger partial charge in [-0.1, -0.05) is 48.0 Å². The van der Waals surface area contributed by atoms with E-state index in [0.29, 0.717) is 37.6 Å².